The third kappa shape index (κ3) is 3.86. The summed E-state index contributed by atoms with van der Waals surface area (Å²) in [5, 5.41) is 12.4. The molecule has 0 N–H and O–H groups in total. The van der Waals surface area contributed by atoms with Gasteiger partial charge in [-0.15, -0.1) is 11.3 Å². The minimum absolute atomic E-state index is 0.0601. The lowest BCUT2D eigenvalue weighted by atomic mass is 10.0. The Labute approximate surface area is 196 Å². The SMILES string of the molecule is Cc1ccc(-c2csc3ncnc(N4CCN(S(=O)(=O)c5ccccc5C#N)CC4)c23)cc1. The quantitative estimate of drug-likeness (QED) is 0.442. The van der Waals surface area contributed by atoms with Crippen LogP contribution in [-0.2, 0) is 10.0 Å². The molecule has 166 valence electrons. The number of nitrogens with zero attached hydrogens (tertiary/aromatic N) is 5. The molecule has 0 amide bonds. The average molecular weight is 476 g/mol. The first-order chi connectivity index (χ1) is 16.0. The zero-order chi connectivity index (χ0) is 23.0. The summed E-state index contributed by atoms with van der Waals surface area (Å²) in [5.41, 5.74) is 3.56. The fourth-order valence-electron chi connectivity index (χ4n) is 4.11. The van der Waals surface area contributed by atoms with Gasteiger partial charge in [0, 0.05) is 37.1 Å². The summed E-state index contributed by atoms with van der Waals surface area (Å²) < 4.78 is 27.8. The van der Waals surface area contributed by atoms with Crippen molar-refractivity contribution in [1.29, 1.82) is 5.26 Å². The molecule has 3 heterocycles. The zero-order valence-corrected chi connectivity index (χ0v) is 19.6. The summed E-state index contributed by atoms with van der Waals surface area (Å²) in [4.78, 5) is 12.1. The Hall–Kier alpha value is -3.32. The number of hydrogen-bond acceptors (Lipinski definition) is 7. The highest BCUT2D eigenvalue weighted by molar-refractivity contribution is 7.89. The molecule has 0 aliphatic carbocycles. The van der Waals surface area contributed by atoms with Crippen LogP contribution in [0.15, 0.2) is 65.1 Å². The molecule has 1 fully saturated rings. The van der Waals surface area contributed by atoms with Crippen molar-refractivity contribution in [2.75, 3.05) is 31.1 Å². The molecule has 33 heavy (non-hydrogen) atoms. The third-order valence-corrected chi connectivity index (χ3v) is 8.72. The highest BCUT2D eigenvalue weighted by Gasteiger charge is 2.31. The molecule has 1 saturated heterocycles. The van der Waals surface area contributed by atoms with Crippen LogP contribution in [0.4, 0.5) is 5.82 Å². The first kappa shape index (κ1) is 21.5. The Kier molecular flexibility index (Phi) is 5.58. The van der Waals surface area contributed by atoms with Crippen molar-refractivity contribution in [1.82, 2.24) is 14.3 Å². The predicted octanol–water partition coefficient (Wildman–Crippen LogP) is 4.05. The van der Waals surface area contributed by atoms with E-state index in [9.17, 15) is 13.7 Å². The molecule has 0 saturated carbocycles. The summed E-state index contributed by atoms with van der Waals surface area (Å²) in [5.74, 6) is 0.825. The molecule has 1 aliphatic heterocycles. The van der Waals surface area contributed by atoms with Crippen molar-refractivity contribution >= 4 is 37.4 Å². The van der Waals surface area contributed by atoms with E-state index in [1.165, 1.54) is 22.0 Å². The van der Waals surface area contributed by atoms with E-state index < -0.39 is 10.0 Å². The van der Waals surface area contributed by atoms with Gasteiger partial charge in [-0.1, -0.05) is 42.0 Å². The molecule has 9 heteroatoms. The first-order valence-electron chi connectivity index (χ1n) is 10.5. The standard InChI is InChI=1S/C24H21N5O2S2/c1-17-6-8-18(9-7-17)20-15-32-24-22(20)23(26-16-27-24)28-10-12-29(13-11-28)33(30,31)21-5-3-2-4-19(21)14-25/h2-9,15-16H,10-13H2,1H3. The number of fused-ring (bicyclic) bond motifs is 1. The lowest BCUT2D eigenvalue weighted by molar-refractivity contribution is 0.384. The molecule has 4 aromatic rings. The lowest BCUT2D eigenvalue weighted by Gasteiger charge is -2.35. The van der Waals surface area contributed by atoms with Gasteiger partial charge >= 0.3 is 0 Å². The number of benzene rings is 2. The van der Waals surface area contributed by atoms with Crippen LogP contribution in [0.5, 0.6) is 0 Å². The van der Waals surface area contributed by atoms with Crippen molar-refractivity contribution in [3.05, 3.63) is 71.4 Å². The topological polar surface area (TPSA) is 90.2 Å². The molecule has 0 bridgehead atoms. The highest BCUT2D eigenvalue weighted by Crippen LogP contribution is 2.38. The van der Waals surface area contributed by atoms with Crippen LogP contribution in [0.3, 0.4) is 0 Å². The lowest BCUT2D eigenvalue weighted by Crippen LogP contribution is -2.49. The Morgan fingerprint density at radius 2 is 1.73 bits per heavy atom. The van der Waals surface area contributed by atoms with Crippen LogP contribution in [0.2, 0.25) is 0 Å². The van der Waals surface area contributed by atoms with Crippen molar-refractivity contribution in [2.45, 2.75) is 11.8 Å². The second-order valence-electron chi connectivity index (χ2n) is 7.89. The highest BCUT2D eigenvalue weighted by atomic mass is 32.2. The van der Waals surface area contributed by atoms with Gasteiger partial charge in [0.2, 0.25) is 10.0 Å². The van der Waals surface area contributed by atoms with Crippen LogP contribution >= 0.6 is 11.3 Å². The first-order valence-corrected chi connectivity index (χ1v) is 12.8. The van der Waals surface area contributed by atoms with E-state index in [-0.39, 0.29) is 10.5 Å². The summed E-state index contributed by atoms with van der Waals surface area (Å²) in [6.07, 6.45) is 1.57. The fraction of sp³-hybridized carbons (Fsp3) is 0.208. The molecule has 0 radical (unpaired) electrons. The Balaban J connectivity index is 1.44. The van der Waals surface area contributed by atoms with Gasteiger partial charge < -0.3 is 4.90 Å². The van der Waals surface area contributed by atoms with E-state index in [0.717, 1.165) is 27.2 Å². The minimum atomic E-state index is -3.74. The number of hydrogen-bond donors (Lipinski definition) is 0. The smallest absolute Gasteiger partial charge is 0.244 e. The average Bonchev–Trinajstić information content (AvgIpc) is 3.29. The van der Waals surface area contributed by atoms with E-state index in [0.29, 0.717) is 26.2 Å². The zero-order valence-electron chi connectivity index (χ0n) is 18.0. The third-order valence-electron chi connectivity index (χ3n) is 5.88. The van der Waals surface area contributed by atoms with Gasteiger partial charge in [0.25, 0.3) is 0 Å². The number of aromatic nitrogens is 2. The van der Waals surface area contributed by atoms with Crippen molar-refractivity contribution < 1.29 is 8.42 Å². The van der Waals surface area contributed by atoms with Gasteiger partial charge in [0.15, 0.2) is 0 Å². The molecule has 5 rings (SSSR count). The Bertz CT molecular complexity index is 1470. The number of rotatable bonds is 4. The van der Waals surface area contributed by atoms with E-state index in [4.69, 9.17) is 0 Å². The second kappa shape index (κ2) is 8.56. The maximum atomic E-state index is 13.2. The van der Waals surface area contributed by atoms with Gasteiger partial charge in [0.1, 0.15) is 23.0 Å². The molecule has 7 nitrogen and oxygen atoms in total. The Morgan fingerprint density at radius 1 is 1.00 bits per heavy atom. The van der Waals surface area contributed by atoms with E-state index in [1.54, 1.807) is 29.8 Å². The van der Waals surface area contributed by atoms with E-state index in [2.05, 4.69) is 51.4 Å². The number of piperazine rings is 1. The molecular formula is C24H21N5O2S2. The van der Waals surface area contributed by atoms with E-state index >= 15 is 0 Å². The summed E-state index contributed by atoms with van der Waals surface area (Å²) >= 11 is 1.58. The van der Waals surface area contributed by atoms with Gasteiger partial charge in [-0.2, -0.15) is 9.57 Å². The van der Waals surface area contributed by atoms with Crippen molar-refractivity contribution in [3.63, 3.8) is 0 Å². The minimum Gasteiger partial charge on any atom is -0.353 e. The predicted molar refractivity (Wildman–Crippen MR) is 130 cm³/mol. The second-order valence-corrected chi connectivity index (χ2v) is 10.7. The van der Waals surface area contributed by atoms with Crippen LogP contribution in [0.1, 0.15) is 11.1 Å². The van der Waals surface area contributed by atoms with Crippen LogP contribution in [0.25, 0.3) is 21.3 Å². The van der Waals surface area contributed by atoms with Crippen molar-refractivity contribution in [2.24, 2.45) is 0 Å². The van der Waals surface area contributed by atoms with Crippen LogP contribution in [-0.4, -0.2) is 48.9 Å². The number of thiophene rings is 1. The summed E-state index contributed by atoms with van der Waals surface area (Å²) in [6.45, 7) is 3.70. The van der Waals surface area contributed by atoms with E-state index in [1.807, 2.05) is 6.07 Å². The maximum Gasteiger partial charge on any atom is 0.244 e. The molecular weight excluding hydrogens is 454 g/mol. The molecule has 2 aromatic heterocycles. The van der Waals surface area contributed by atoms with Gasteiger partial charge in [0.05, 0.1) is 15.8 Å². The van der Waals surface area contributed by atoms with Gasteiger partial charge in [-0.3, -0.25) is 0 Å². The monoisotopic (exact) mass is 475 g/mol. The maximum absolute atomic E-state index is 13.2. The summed E-state index contributed by atoms with van der Waals surface area (Å²) in [6, 6.07) is 16.7. The number of anilines is 1. The molecule has 0 unspecified atom stereocenters. The largest absolute Gasteiger partial charge is 0.353 e. The summed E-state index contributed by atoms with van der Waals surface area (Å²) in [7, 11) is -3.74. The molecule has 0 spiro atoms. The van der Waals surface area contributed by atoms with Crippen molar-refractivity contribution in [3.8, 4) is 17.2 Å². The molecule has 0 atom stereocenters. The number of sulfonamides is 1. The normalized spacial score (nSPS) is 15.0. The Morgan fingerprint density at radius 3 is 2.45 bits per heavy atom. The van der Waals surface area contributed by atoms with Gasteiger partial charge in [-0.05, 0) is 24.6 Å². The van der Waals surface area contributed by atoms with Gasteiger partial charge in [-0.25, -0.2) is 18.4 Å². The number of aryl methyl sites for hydroxylation is 1. The molecule has 2 aromatic carbocycles. The van der Waals surface area contributed by atoms with Crippen LogP contribution < -0.4 is 4.90 Å². The fourth-order valence-corrected chi connectivity index (χ4v) is 6.58. The molecule has 1 aliphatic rings. The van der Waals surface area contributed by atoms with Crippen LogP contribution in [0, 0.1) is 18.3 Å². The number of nitriles is 1.